The highest BCUT2D eigenvalue weighted by molar-refractivity contribution is 7.88. The van der Waals surface area contributed by atoms with Crippen molar-refractivity contribution in [3.63, 3.8) is 0 Å². The van der Waals surface area contributed by atoms with Gasteiger partial charge in [-0.25, -0.2) is 0 Å². The van der Waals surface area contributed by atoms with Crippen LogP contribution >= 0.6 is 0 Å². The predicted octanol–water partition coefficient (Wildman–Crippen LogP) is 4.52. The van der Waals surface area contributed by atoms with Crippen molar-refractivity contribution in [3.05, 3.63) is 89.9 Å². The van der Waals surface area contributed by atoms with E-state index in [4.69, 9.17) is 4.55 Å². The molecule has 0 saturated carbocycles. The average molecular weight is 314 g/mol. The lowest BCUT2D eigenvalue weighted by molar-refractivity contribution is 0.494. The van der Waals surface area contributed by atoms with Crippen molar-refractivity contribution in [1.29, 1.82) is 0 Å². The molecule has 0 aliphatic rings. The van der Waals surface area contributed by atoms with Crippen LogP contribution in [0.1, 0.15) is 16.7 Å². The fourth-order valence-corrected chi connectivity index (χ4v) is 1.94. The van der Waals surface area contributed by atoms with Crippen LogP contribution < -0.4 is 0 Å². The molecule has 0 aliphatic carbocycles. The molecule has 0 radical (unpaired) electrons. The summed E-state index contributed by atoms with van der Waals surface area (Å²) in [4.78, 5) is 0. The number of hydrogen-bond acceptors (Lipinski definition) is 2. The van der Waals surface area contributed by atoms with E-state index >= 15 is 0 Å². The first-order valence-electron chi connectivity index (χ1n) is 6.51. The highest BCUT2D eigenvalue weighted by atomic mass is 32.2. The van der Waals surface area contributed by atoms with Gasteiger partial charge in [0, 0.05) is 0 Å². The molecule has 2 aromatic rings. The predicted molar refractivity (Wildman–Crippen MR) is 93.6 cm³/mol. The highest BCUT2D eigenvalue weighted by Gasteiger charge is 1.94. The Morgan fingerprint density at radius 2 is 1.27 bits per heavy atom. The molecule has 0 spiro atoms. The van der Waals surface area contributed by atoms with Crippen LogP contribution in [0.15, 0.2) is 73.2 Å². The zero-order valence-corrected chi connectivity index (χ0v) is 12.9. The number of hydrogen-bond donors (Lipinski definition) is 1. The molecular weight excluding hydrogens is 296 g/mol. The van der Waals surface area contributed by atoms with Crippen molar-refractivity contribution in [1.82, 2.24) is 0 Å². The standard InChI is InChI=1S/C10H10.C8H8O3S/c1-3-9-7-5-6-8-10(9)4-2;9-12(10,11)7-6-8-4-2-1-3-5-8/h3-8H,1-2H2;1-7H,(H,9,10,11). The molecule has 3 nitrogen and oxygen atoms in total. The van der Waals surface area contributed by atoms with E-state index in [0.717, 1.165) is 22.1 Å². The Bertz CT molecular complexity index is 718. The largest absolute Gasteiger partial charge is 0.287 e. The molecule has 2 aromatic carbocycles. The van der Waals surface area contributed by atoms with Crippen LogP contribution in [0.3, 0.4) is 0 Å². The summed E-state index contributed by atoms with van der Waals surface area (Å²) in [5.41, 5.74) is 3.00. The maximum atomic E-state index is 10.3. The third kappa shape index (κ3) is 6.83. The van der Waals surface area contributed by atoms with E-state index in [1.165, 1.54) is 6.08 Å². The summed E-state index contributed by atoms with van der Waals surface area (Å²) in [5, 5.41) is 0.752. The minimum Gasteiger partial charge on any atom is -0.282 e. The molecule has 0 heterocycles. The minimum absolute atomic E-state index is 0.732. The monoisotopic (exact) mass is 314 g/mol. The van der Waals surface area contributed by atoms with Crippen LogP contribution in [0.4, 0.5) is 0 Å². The lowest BCUT2D eigenvalue weighted by Gasteiger charge is -1.96. The average Bonchev–Trinajstić information content (AvgIpc) is 2.54. The molecule has 22 heavy (non-hydrogen) atoms. The van der Waals surface area contributed by atoms with Gasteiger partial charge in [0.2, 0.25) is 0 Å². The summed E-state index contributed by atoms with van der Waals surface area (Å²) < 4.78 is 28.9. The Kier molecular flexibility index (Phi) is 7.02. The van der Waals surface area contributed by atoms with Crippen molar-refractivity contribution < 1.29 is 13.0 Å². The van der Waals surface area contributed by atoms with Crippen LogP contribution in [0.25, 0.3) is 18.2 Å². The summed E-state index contributed by atoms with van der Waals surface area (Å²) in [5.74, 6) is 0. The van der Waals surface area contributed by atoms with Gasteiger partial charge in [0.05, 0.1) is 5.41 Å². The van der Waals surface area contributed by atoms with Crippen LogP contribution in [-0.4, -0.2) is 13.0 Å². The summed E-state index contributed by atoms with van der Waals surface area (Å²) in [6.45, 7) is 7.38. The van der Waals surface area contributed by atoms with Crippen LogP contribution in [-0.2, 0) is 10.1 Å². The second-order valence-electron chi connectivity index (χ2n) is 4.27. The van der Waals surface area contributed by atoms with E-state index < -0.39 is 10.1 Å². The molecule has 2 rings (SSSR count). The zero-order chi connectivity index (χ0) is 16.4. The minimum atomic E-state index is -4.00. The lowest BCUT2D eigenvalue weighted by Crippen LogP contribution is -1.88. The van der Waals surface area contributed by atoms with Gasteiger partial charge in [-0.3, -0.25) is 4.55 Å². The molecule has 1 N–H and O–H groups in total. The van der Waals surface area contributed by atoms with E-state index in [9.17, 15) is 8.42 Å². The molecule has 0 bridgehead atoms. The first-order valence-corrected chi connectivity index (χ1v) is 8.01. The van der Waals surface area contributed by atoms with E-state index in [2.05, 4.69) is 13.2 Å². The summed E-state index contributed by atoms with van der Waals surface area (Å²) in [7, 11) is -4.00. The van der Waals surface area contributed by atoms with Crippen LogP contribution in [0.5, 0.6) is 0 Å². The highest BCUT2D eigenvalue weighted by Crippen LogP contribution is 2.10. The van der Waals surface area contributed by atoms with E-state index in [0.29, 0.717) is 0 Å². The van der Waals surface area contributed by atoms with Gasteiger partial charge in [-0.05, 0) is 22.8 Å². The SMILES string of the molecule is C=Cc1ccccc1C=C.O=S(=O)(O)C=Cc1ccccc1. The molecule has 0 atom stereocenters. The molecule has 0 aromatic heterocycles. The molecule has 0 unspecified atom stereocenters. The smallest absolute Gasteiger partial charge is 0.282 e. The summed E-state index contributed by atoms with van der Waals surface area (Å²) in [6, 6.07) is 16.9. The van der Waals surface area contributed by atoms with Crippen molar-refractivity contribution in [2.24, 2.45) is 0 Å². The summed E-state index contributed by atoms with van der Waals surface area (Å²) >= 11 is 0. The summed E-state index contributed by atoms with van der Waals surface area (Å²) in [6.07, 6.45) is 4.99. The molecule has 0 amide bonds. The van der Waals surface area contributed by atoms with E-state index in [1.807, 2.05) is 42.5 Å². The van der Waals surface area contributed by atoms with Gasteiger partial charge in [0.15, 0.2) is 0 Å². The van der Waals surface area contributed by atoms with Gasteiger partial charge < -0.3 is 0 Å². The van der Waals surface area contributed by atoms with Crippen LogP contribution in [0, 0.1) is 0 Å². The van der Waals surface area contributed by atoms with E-state index in [1.54, 1.807) is 24.3 Å². The maximum Gasteiger partial charge on any atom is 0.287 e. The maximum absolute atomic E-state index is 10.3. The number of rotatable bonds is 4. The Hall–Kier alpha value is -2.43. The normalized spacial score (nSPS) is 10.6. The molecule has 114 valence electrons. The third-order valence-electron chi connectivity index (χ3n) is 2.67. The van der Waals surface area contributed by atoms with Crippen molar-refractivity contribution >= 4 is 28.3 Å². The second kappa shape index (κ2) is 8.77. The van der Waals surface area contributed by atoms with Gasteiger partial charge in [0.25, 0.3) is 10.1 Å². The fraction of sp³-hybridized carbons (Fsp3) is 0. The Balaban J connectivity index is 0.000000224. The quantitative estimate of drug-likeness (QED) is 0.844. The lowest BCUT2D eigenvalue weighted by atomic mass is 10.1. The van der Waals surface area contributed by atoms with Crippen molar-refractivity contribution in [2.45, 2.75) is 0 Å². The Morgan fingerprint density at radius 3 is 1.68 bits per heavy atom. The Morgan fingerprint density at radius 1 is 0.818 bits per heavy atom. The first kappa shape index (κ1) is 17.6. The first-order chi connectivity index (χ1) is 10.5. The van der Waals surface area contributed by atoms with Gasteiger partial charge >= 0.3 is 0 Å². The van der Waals surface area contributed by atoms with Crippen molar-refractivity contribution in [3.8, 4) is 0 Å². The third-order valence-corrected chi connectivity index (χ3v) is 3.15. The molecule has 4 heteroatoms. The molecular formula is C18H18O3S. The van der Waals surface area contributed by atoms with Gasteiger partial charge in [-0.1, -0.05) is 79.9 Å². The van der Waals surface area contributed by atoms with Gasteiger partial charge in [-0.2, -0.15) is 8.42 Å². The number of benzene rings is 2. The Labute approximate surface area is 131 Å². The van der Waals surface area contributed by atoms with Gasteiger partial charge in [-0.15, -0.1) is 0 Å². The fourth-order valence-electron chi connectivity index (χ4n) is 1.61. The molecule has 0 aliphatic heterocycles. The van der Waals surface area contributed by atoms with Crippen molar-refractivity contribution in [2.75, 3.05) is 0 Å². The topological polar surface area (TPSA) is 54.4 Å². The van der Waals surface area contributed by atoms with E-state index in [-0.39, 0.29) is 0 Å². The molecule has 0 saturated heterocycles. The second-order valence-corrected chi connectivity index (χ2v) is 5.57. The van der Waals surface area contributed by atoms with Crippen LogP contribution in [0.2, 0.25) is 0 Å². The molecule has 0 fully saturated rings. The van der Waals surface area contributed by atoms with Gasteiger partial charge in [0.1, 0.15) is 0 Å². The zero-order valence-electron chi connectivity index (χ0n) is 12.1.